The lowest BCUT2D eigenvalue weighted by molar-refractivity contribution is 0.488. The van der Waals surface area contributed by atoms with Crippen LogP contribution in [-0.4, -0.2) is 15.8 Å². The van der Waals surface area contributed by atoms with Gasteiger partial charge in [0.1, 0.15) is 11.5 Å². The first-order valence-electron chi connectivity index (χ1n) is 23.3. The summed E-state index contributed by atoms with van der Waals surface area (Å²) in [6, 6.07) is 57.3. The van der Waals surface area contributed by atoms with Gasteiger partial charge in [0, 0.05) is 62.7 Å². The van der Waals surface area contributed by atoms with Gasteiger partial charge in [-0.2, -0.15) is 0 Å². The number of fused-ring (bicyclic) bond motifs is 14. The molecule has 0 unspecified atom stereocenters. The summed E-state index contributed by atoms with van der Waals surface area (Å²) in [5.74, 6) is 1.82. The zero-order chi connectivity index (χ0) is 44.5. The minimum atomic E-state index is -0.104. The lowest BCUT2D eigenvalue weighted by atomic mass is 9.33. The fourth-order valence-corrected chi connectivity index (χ4v) is 12.0. The van der Waals surface area contributed by atoms with Crippen molar-refractivity contribution in [1.82, 2.24) is 9.13 Å². The summed E-state index contributed by atoms with van der Waals surface area (Å²) in [7, 11) is 2.25. The molecular weight excluding hydrogens is 789 g/mol. The van der Waals surface area contributed by atoms with Crippen molar-refractivity contribution in [1.29, 1.82) is 0 Å². The minimum absolute atomic E-state index is 0.0485. The number of hydrogen-bond acceptors (Lipinski definition) is 2. The van der Waals surface area contributed by atoms with Crippen molar-refractivity contribution in [2.75, 3.05) is 4.90 Å². The molecule has 65 heavy (non-hydrogen) atoms. The van der Waals surface area contributed by atoms with E-state index in [1.54, 1.807) is 0 Å². The highest BCUT2D eigenvalue weighted by Gasteiger charge is 2.45. The van der Waals surface area contributed by atoms with Gasteiger partial charge in [0.15, 0.2) is 0 Å². The number of para-hydroxylation sites is 2. The van der Waals surface area contributed by atoms with Gasteiger partial charge in [-0.3, -0.25) is 0 Å². The average molecular weight is 842 g/mol. The standard InChI is InChI=1S/C60H52BN3O/c1-58(2,3)35-25-28-37(29-26-35)63-48-30-27-36(59(4,5)6)31-45(48)61-55-49(63)23-16-24-52(55)65-53-34-51(57-54(56(53)61)40-19-12-14-21-46(40)62(57)9)64-47-22-15-11-18-39(47)42-32-44-41(33-50(42)64)38-17-10-13-20-43(38)60(44,7)8/h10-34H,1-9H3. The molecule has 0 bridgehead atoms. The molecule has 0 atom stereocenters. The molecular formula is C60H52BN3O. The third-order valence-electron chi connectivity index (χ3n) is 15.3. The molecule has 2 aromatic heterocycles. The Labute approximate surface area is 381 Å². The summed E-state index contributed by atoms with van der Waals surface area (Å²) in [6.07, 6.45) is 0. The molecule has 4 nitrogen and oxygen atoms in total. The second kappa shape index (κ2) is 12.8. The van der Waals surface area contributed by atoms with Crippen molar-refractivity contribution in [2.24, 2.45) is 7.05 Å². The Morgan fingerprint density at radius 3 is 1.97 bits per heavy atom. The lowest BCUT2D eigenvalue weighted by Crippen LogP contribution is -2.60. The van der Waals surface area contributed by atoms with E-state index in [1.165, 1.54) is 99.1 Å². The van der Waals surface area contributed by atoms with E-state index in [4.69, 9.17) is 4.74 Å². The molecule has 0 saturated heterocycles. The fourth-order valence-electron chi connectivity index (χ4n) is 12.0. The molecule has 0 fully saturated rings. The van der Waals surface area contributed by atoms with Gasteiger partial charge in [0.2, 0.25) is 0 Å². The molecule has 10 aromatic rings. The molecule has 1 aliphatic carbocycles. The molecule has 3 aliphatic rings. The number of ether oxygens (including phenoxy) is 1. The van der Waals surface area contributed by atoms with Crippen LogP contribution in [0.3, 0.4) is 0 Å². The normalized spacial score (nSPS) is 14.7. The van der Waals surface area contributed by atoms with Crippen molar-refractivity contribution in [3.05, 3.63) is 174 Å². The number of anilines is 3. The van der Waals surface area contributed by atoms with E-state index < -0.39 is 0 Å². The van der Waals surface area contributed by atoms with Crippen molar-refractivity contribution < 1.29 is 4.74 Å². The summed E-state index contributed by atoms with van der Waals surface area (Å²) < 4.78 is 12.4. The second-order valence-corrected chi connectivity index (χ2v) is 21.4. The SMILES string of the molecule is Cn1c2ccccc2c2c3c(cc(-n4c5ccccc5c5cc6c(cc54)-c4ccccc4C6(C)C)c21)Oc1cccc2c1B3c1cc(C(C)(C)C)ccc1N2c1ccc(C(C)(C)C)cc1. The largest absolute Gasteiger partial charge is 0.458 e. The van der Waals surface area contributed by atoms with Gasteiger partial charge in [-0.15, -0.1) is 0 Å². The monoisotopic (exact) mass is 841 g/mol. The number of aryl methyl sites for hydroxylation is 1. The molecule has 316 valence electrons. The van der Waals surface area contributed by atoms with Gasteiger partial charge in [-0.05, 0) is 115 Å². The maximum Gasteiger partial charge on any atom is 0.257 e. The maximum atomic E-state index is 7.41. The van der Waals surface area contributed by atoms with Crippen LogP contribution in [-0.2, 0) is 23.3 Å². The summed E-state index contributed by atoms with van der Waals surface area (Å²) >= 11 is 0. The number of aromatic nitrogens is 2. The van der Waals surface area contributed by atoms with Crippen LogP contribution < -0.4 is 26.0 Å². The molecule has 4 heterocycles. The molecule has 2 aliphatic heterocycles. The first-order chi connectivity index (χ1) is 31.2. The first kappa shape index (κ1) is 38.5. The Morgan fingerprint density at radius 2 is 1.20 bits per heavy atom. The third-order valence-corrected chi connectivity index (χ3v) is 15.3. The van der Waals surface area contributed by atoms with Crippen LogP contribution in [0.4, 0.5) is 17.1 Å². The Morgan fingerprint density at radius 1 is 0.508 bits per heavy atom. The van der Waals surface area contributed by atoms with E-state index in [0.717, 1.165) is 28.6 Å². The Kier molecular flexibility index (Phi) is 7.61. The highest BCUT2D eigenvalue weighted by atomic mass is 16.5. The van der Waals surface area contributed by atoms with E-state index in [2.05, 4.69) is 228 Å². The Hall–Kier alpha value is -6.98. The predicted octanol–water partition coefficient (Wildman–Crippen LogP) is 13.7. The van der Waals surface area contributed by atoms with Crippen molar-refractivity contribution >= 4 is 83.8 Å². The molecule has 0 spiro atoms. The minimum Gasteiger partial charge on any atom is -0.458 e. The molecule has 0 radical (unpaired) electrons. The Bertz CT molecular complexity index is 3700. The highest BCUT2D eigenvalue weighted by molar-refractivity contribution is 7.00. The van der Waals surface area contributed by atoms with E-state index in [9.17, 15) is 0 Å². The van der Waals surface area contributed by atoms with Crippen LogP contribution in [0.15, 0.2) is 152 Å². The fraction of sp³-hybridized carbons (Fsp3) is 0.200. The van der Waals surface area contributed by atoms with Crippen molar-refractivity contribution in [3.8, 4) is 28.3 Å². The summed E-state index contributed by atoms with van der Waals surface area (Å²) in [5, 5.41) is 5.00. The average Bonchev–Trinajstić information content (AvgIpc) is 3.86. The molecule has 0 amide bonds. The van der Waals surface area contributed by atoms with Crippen LogP contribution in [0.2, 0.25) is 0 Å². The van der Waals surface area contributed by atoms with Crippen LogP contribution in [0, 0.1) is 0 Å². The van der Waals surface area contributed by atoms with Gasteiger partial charge < -0.3 is 18.8 Å². The van der Waals surface area contributed by atoms with E-state index in [-0.39, 0.29) is 23.0 Å². The van der Waals surface area contributed by atoms with E-state index in [1.807, 2.05) is 0 Å². The Balaban J connectivity index is 1.13. The zero-order valence-electron chi connectivity index (χ0n) is 38.8. The first-order valence-corrected chi connectivity index (χ1v) is 23.3. The predicted molar refractivity (Wildman–Crippen MR) is 276 cm³/mol. The summed E-state index contributed by atoms with van der Waals surface area (Å²) in [5.41, 5.74) is 21.1. The molecule has 5 heteroatoms. The van der Waals surface area contributed by atoms with Gasteiger partial charge in [0.25, 0.3) is 6.71 Å². The van der Waals surface area contributed by atoms with Gasteiger partial charge in [0.05, 0.1) is 22.2 Å². The highest BCUT2D eigenvalue weighted by Crippen LogP contribution is 2.52. The van der Waals surface area contributed by atoms with Crippen LogP contribution in [0.25, 0.3) is 60.4 Å². The lowest BCUT2D eigenvalue weighted by Gasteiger charge is -2.41. The number of hydrogen-bond donors (Lipinski definition) is 0. The van der Waals surface area contributed by atoms with Crippen molar-refractivity contribution in [3.63, 3.8) is 0 Å². The van der Waals surface area contributed by atoms with E-state index >= 15 is 0 Å². The van der Waals surface area contributed by atoms with Gasteiger partial charge >= 0.3 is 0 Å². The van der Waals surface area contributed by atoms with Crippen LogP contribution in [0.1, 0.15) is 77.6 Å². The number of nitrogens with zero attached hydrogens (tertiary/aromatic N) is 3. The number of benzene rings is 8. The summed E-state index contributed by atoms with van der Waals surface area (Å²) in [6.45, 7) is 18.5. The smallest absolute Gasteiger partial charge is 0.257 e. The van der Waals surface area contributed by atoms with E-state index in [0.29, 0.717) is 0 Å². The van der Waals surface area contributed by atoms with Gasteiger partial charge in [-0.1, -0.05) is 146 Å². The molecule has 8 aromatic carbocycles. The van der Waals surface area contributed by atoms with Crippen LogP contribution >= 0.6 is 0 Å². The van der Waals surface area contributed by atoms with Crippen molar-refractivity contribution in [2.45, 2.75) is 71.6 Å². The third kappa shape index (κ3) is 5.15. The van der Waals surface area contributed by atoms with Gasteiger partial charge in [-0.25, -0.2) is 0 Å². The number of rotatable bonds is 2. The maximum absolute atomic E-state index is 7.41. The molecule has 13 rings (SSSR count). The van der Waals surface area contributed by atoms with Crippen LogP contribution in [0.5, 0.6) is 11.5 Å². The quantitative estimate of drug-likeness (QED) is 0.162. The zero-order valence-corrected chi connectivity index (χ0v) is 38.8. The molecule has 0 saturated carbocycles. The summed E-state index contributed by atoms with van der Waals surface area (Å²) in [4.78, 5) is 2.47. The second-order valence-electron chi connectivity index (χ2n) is 21.4. The topological polar surface area (TPSA) is 22.3 Å². The molecule has 0 N–H and O–H groups in total.